The Bertz CT molecular complexity index is 1180. The monoisotopic (exact) mass is 434 g/mol. The molecule has 1 aromatic heterocycles. The molecule has 31 heavy (non-hydrogen) atoms. The molecule has 1 saturated heterocycles. The fourth-order valence-electron chi connectivity index (χ4n) is 3.22. The minimum atomic E-state index is -1.72. The average Bonchev–Trinajstić information content (AvgIpc) is 2.73. The summed E-state index contributed by atoms with van der Waals surface area (Å²) < 4.78 is 16.2. The van der Waals surface area contributed by atoms with Gasteiger partial charge >= 0.3 is 0 Å². The number of rotatable bonds is 3. The Morgan fingerprint density at radius 2 is 1.61 bits per heavy atom. The lowest BCUT2D eigenvalue weighted by molar-refractivity contribution is -0.242. The lowest BCUT2D eigenvalue weighted by atomic mass is 10.1. The highest BCUT2D eigenvalue weighted by Crippen LogP contribution is 2.43. The van der Waals surface area contributed by atoms with Crippen LogP contribution in [-0.2, 0) is 4.74 Å². The Morgan fingerprint density at radius 1 is 0.935 bits per heavy atom. The van der Waals surface area contributed by atoms with E-state index < -0.39 is 64.0 Å². The highest BCUT2D eigenvalue weighted by Gasteiger charge is 2.40. The van der Waals surface area contributed by atoms with Gasteiger partial charge in [0.25, 0.3) is 0 Å². The molecule has 1 fully saturated rings. The third-order valence-electron chi connectivity index (χ3n) is 4.87. The molecule has 3 aromatic rings. The summed E-state index contributed by atoms with van der Waals surface area (Å²) in [5.41, 5.74) is -1.32. The van der Waals surface area contributed by atoms with Gasteiger partial charge in [0, 0.05) is 11.6 Å². The van der Waals surface area contributed by atoms with Crippen molar-refractivity contribution in [3.63, 3.8) is 0 Å². The van der Waals surface area contributed by atoms with E-state index in [1.165, 1.54) is 24.3 Å². The van der Waals surface area contributed by atoms with E-state index in [2.05, 4.69) is 0 Å². The fraction of sp³-hybridized carbons (Fsp3) is 0.250. The van der Waals surface area contributed by atoms with Gasteiger partial charge in [0.15, 0.2) is 17.1 Å². The second-order valence-electron chi connectivity index (χ2n) is 6.97. The van der Waals surface area contributed by atoms with Crippen molar-refractivity contribution in [1.82, 2.24) is 0 Å². The molecule has 1 aliphatic rings. The number of hydrogen-bond donors (Lipinski definition) is 7. The van der Waals surface area contributed by atoms with Crippen molar-refractivity contribution in [2.75, 3.05) is 6.61 Å². The van der Waals surface area contributed by atoms with E-state index in [4.69, 9.17) is 13.9 Å². The average molecular weight is 434 g/mol. The SMILES string of the molecule is O=c1c(O)c(-c2ccc(O)cc2)oc2c(OC3OCC(O)C(O)C3O)c(O)cc(O)c12. The number of aromatic hydroxyl groups is 4. The van der Waals surface area contributed by atoms with Gasteiger partial charge in [-0.15, -0.1) is 0 Å². The summed E-state index contributed by atoms with van der Waals surface area (Å²) >= 11 is 0. The molecule has 11 nitrogen and oxygen atoms in total. The molecule has 0 amide bonds. The lowest BCUT2D eigenvalue weighted by Gasteiger charge is -2.35. The zero-order valence-electron chi connectivity index (χ0n) is 15.7. The summed E-state index contributed by atoms with van der Waals surface area (Å²) in [7, 11) is 0. The Kier molecular flexibility index (Phi) is 5.11. The predicted octanol–water partition coefficient (Wildman–Crippen LogP) is 0.100. The first-order chi connectivity index (χ1) is 14.7. The molecular formula is C20H18O11. The minimum absolute atomic E-state index is 0.0742. The van der Waals surface area contributed by atoms with Gasteiger partial charge in [-0.25, -0.2) is 0 Å². The van der Waals surface area contributed by atoms with E-state index in [0.717, 1.165) is 6.07 Å². The van der Waals surface area contributed by atoms with Gasteiger partial charge in [0.1, 0.15) is 35.2 Å². The number of aliphatic hydroxyl groups is 3. The molecular weight excluding hydrogens is 416 g/mol. The number of phenols is 3. The highest BCUT2D eigenvalue weighted by atomic mass is 16.7. The number of ether oxygens (including phenoxy) is 2. The highest BCUT2D eigenvalue weighted by molar-refractivity contribution is 5.93. The first-order valence-corrected chi connectivity index (χ1v) is 9.05. The number of aliphatic hydroxyl groups excluding tert-OH is 3. The second-order valence-corrected chi connectivity index (χ2v) is 6.97. The quantitative estimate of drug-likeness (QED) is 0.296. The summed E-state index contributed by atoms with van der Waals surface area (Å²) in [6.07, 6.45) is -6.25. The molecule has 164 valence electrons. The van der Waals surface area contributed by atoms with Crippen molar-refractivity contribution in [3.05, 3.63) is 40.6 Å². The zero-order chi connectivity index (χ0) is 22.4. The first kappa shape index (κ1) is 20.8. The van der Waals surface area contributed by atoms with Crippen LogP contribution < -0.4 is 10.2 Å². The van der Waals surface area contributed by atoms with E-state index in [9.17, 15) is 40.5 Å². The zero-order valence-corrected chi connectivity index (χ0v) is 15.7. The van der Waals surface area contributed by atoms with Crippen LogP contribution in [0.1, 0.15) is 0 Å². The maximum atomic E-state index is 12.7. The van der Waals surface area contributed by atoms with Crippen LogP contribution in [0, 0.1) is 0 Å². The molecule has 0 radical (unpaired) electrons. The van der Waals surface area contributed by atoms with Crippen LogP contribution in [0.15, 0.2) is 39.5 Å². The van der Waals surface area contributed by atoms with Gasteiger partial charge < -0.3 is 49.6 Å². The Hall–Kier alpha value is -3.51. The summed E-state index contributed by atoms with van der Waals surface area (Å²) in [4.78, 5) is 12.7. The molecule has 4 rings (SSSR count). The number of hydrogen-bond acceptors (Lipinski definition) is 11. The molecule has 7 N–H and O–H groups in total. The van der Waals surface area contributed by atoms with Crippen molar-refractivity contribution < 1.29 is 49.6 Å². The van der Waals surface area contributed by atoms with E-state index in [0.29, 0.717) is 0 Å². The molecule has 0 spiro atoms. The van der Waals surface area contributed by atoms with Gasteiger partial charge in [-0.1, -0.05) is 0 Å². The largest absolute Gasteiger partial charge is 0.508 e. The molecule has 0 aliphatic carbocycles. The van der Waals surface area contributed by atoms with Crippen LogP contribution in [-0.4, -0.2) is 67.0 Å². The van der Waals surface area contributed by atoms with Gasteiger partial charge in [-0.3, -0.25) is 4.79 Å². The lowest BCUT2D eigenvalue weighted by Crippen LogP contribution is -2.54. The van der Waals surface area contributed by atoms with Crippen molar-refractivity contribution in [3.8, 4) is 40.1 Å². The molecule has 4 atom stereocenters. The molecule has 0 bridgehead atoms. The van der Waals surface area contributed by atoms with Crippen LogP contribution in [0.25, 0.3) is 22.3 Å². The summed E-state index contributed by atoms with van der Waals surface area (Å²) in [5.74, 6) is -3.16. The number of fused-ring (bicyclic) bond motifs is 1. The van der Waals surface area contributed by atoms with E-state index in [1.807, 2.05) is 0 Å². The Labute approximate surface area is 173 Å². The van der Waals surface area contributed by atoms with E-state index in [1.54, 1.807) is 0 Å². The molecule has 11 heteroatoms. The van der Waals surface area contributed by atoms with Gasteiger partial charge in [-0.05, 0) is 24.3 Å². The van der Waals surface area contributed by atoms with Crippen molar-refractivity contribution in [2.24, 2.45) is 0 Å². The summed E-state index contributed by atoms with van der Waals surface area (Å²) in [6, 6.07) is 6.06. The maximum absolute atomic E-state index is 12.7. The molecule has 1 aliphatic heterocycles. The topological polar surface area (TPSA) is 190 Å². The third kappa shape index (κ3) is 3.49. The standard InChI is InChI=1S/C20H18O11/c21-8-3-1-7(2-4-8)17-15(27)14(26)12-9(22)5-10(23)18(19(12)30-17)31-20-16(28)13(25)11(24)6-29-20/h1-5,11,13,16,20-25,27-28H,6H2. The molecule has 2 aromatic carbocycles. The number of phenolic OH excluding ortho intramolecular Hbond substituents is 3. The van der Waals surface area contributed by atoms with E-state index >= 15 is 0 Å². The van der Waals surface area contributed by atoms with Crippen LogP contribution in [0.3, 0.4) is 0 Å². The summed E-state index contributed by atoms with van der Waals surface area (Å²) in [6.45, 7) is -0.386. The minimum Gasteiger partial charge on any atom is -0.508 e. The van der Waals surface area contributed by atoms with Crippen LogP contribution in [0.5, 0.6) is 28.7 Å². The van der Waals surface area contributed by atoms with Crippen LogP contribution >= 0.6 is 0 Å². The molecule has 0 saturated carbocycles. The van der Waals surface area contributed by atoms with Gasteiger partial charge in [0.2, 0.25) is 23.2 Å². The van der Waals surface area contributed by atoms with Crippen LogP contribution in [0.2, 0.25) is 0 Å². The fourth-order valence-corrected chi connectivity index (χ4v) is 3.22. The Morgan fingerprint density at radius 3 is 2.29 bits per heavy atom. The number of benzene rings is 2. The molecule has 4 unspecified atom stereocenters. The van der Waals surface area contributed by atoms with Crippen molar-refractivity contribution in [2.45, 2.75) is 24.6 Å². The van der Waals surface area contributed by atoms with Gasteiger partial charge in [0.05, 0.1) is 6.61 Å². The molecule has 2 heterocycles. The van der Waals surface area contributed by atoms with Gasteiger partial charge in [-0.2, -0.15) is 0 Å². The van der Waals surface area contributed by atoms with E-state index in [-0.39, 0.29) is 23.7 Å². The third-order valence-corrected chi connectivity index (χ3v) is 4.87. The maximum Gasteiger partial charge on any atom is 0.238 e. The normalized spacial score (nSPS) is 23.7. The van der Waals surface area contributed by atoms with Crippen molar-refractivity contribution >= 4 is 11.0 Å². The van der Waals surface area contributed by atoms with Crippen LogP contribution in [0.4, 0.5) is 0 Å². The Balaban J connectivity index is 1.89. The predicted molar refractivity (Wildman–Crippen MR) is 103 cm³/mol. The summed E-state index contributed by atoms with van der Waals surface area (Å²) in [5, 5.41) is 69.2. The van der Waals surface area contributed by atoms with Crippen molar-refractivity contribution in [1.29, 1.82) is 0 Å². The second kappa shape index (κ2) is 7.63. The first-order valence-electron chi connectivity index (χ1n) is 9.05. The smallest absolute Gasteiger partial charge is 0.238 e.